The first kappa shape index (κ1) is 22.8. The number of hydrogen-bond donors (Lipinski definition) is 4. The summed E-state index contributed by atoms with van der Waals surface area (Å²) in [6.45, 7) is 0.388. The molecule has 1 aromatic heterocycles. The number of benzene rings is 3. The summed E-state index contributed by atoms with van der Waals surface area (Å²) in [5.41, 5.74) is 2.08. The molecule has 3 aromatic carbocycles. The summed E-state index contributed by atoms with van der Waals surface area (Å²) in [7, 11) is 0. The molecule has 7 nitrogen and oxygen atoms in total. The maximum Gasteiger partial charge on any atom is 0.416 e. The van der Waals surface area contributed by atoms with Crippen molar-refractivity contribution in [1.82, 2.24) is 15.3 Å². The van der Waals surface area contributed by atoms with E-state index in [1.807, 2.05) is 24.3 Å². The number of urea groups is 1. The van der Waals surface area contributed by atoms with Gasteiger partial charge in [0.15, 0.2) is 5.82 Å². The Morgan fingerprint density at radius 3 is 2.35 bits per heavy atom. The number of carbonyl (C=O) groups is 2. The van der Waals surface area contributed by atoms with Crippen LogP contribution in [0.15, 0.2) is 72.8 Å². The summed E-state index contributed by atoms with van der Waals surface area (Å²) in [5.74, 6) is -0.0618. The molecular weight excluding hydrogens is 447 g/mol. The van der Waals surface area contributed by atoms with Gasteiger partial charge in [-0.1, -0.05) is 30.3 Å². The van der Waals surface area contributed by atoms with Crippen LogP contribution < -0.4 is 16.0 Å². The van der Waals surface area contributed by atoms with Crippen molar-refractivity contribution < 1.29 is 22.8 Å². The summed E-state index contributed by atoms with van der Waals surface area (Å²) in [6.07, 6.45) is -3.93. The molecule has 4 aromatic rings. The highest BCUT2D eigenvalue weighted by atomic mass is 19.4. The Balaban J connectivity index is 1.26. The summed E-state index contributed by atoms with van der Waals surface area (Å²) >= 11 is 0. The van der Waals surface area contributed by atoms with Crippen LogP contribution in [0, 0.1) is 0 Å². The van der Waals surface area contributed by atoms with Gasteiger partial charge in [0.1, 0.15) is 0 Å². The Hall–Kier alpha value is -4.34. The lowest BCUT2D eigenvalue weighted by molar-refractivity contribution is -0.137. The van der Waals surface area contributed by atoms with Gasteiger partial charge in [0.2, 0.25) is 0 Å². The monoisotopic (exact) mass is 467 g/mol. The second-order valence-electron chi connectivity index (χ2n) is 7.46. The van der Waals surface area contributed by atoms with Gasteiger partial charge in [-0.2, -0.15) is 13.2 Å². The van der Waals surface area contributed by atoms with E-state index in [4.69, 9.17) is 0 Å². The average molecular weight is 467 g/mol. The lowest BCUT2D eigenvalue weighted by atomic mass is 10.1. The minimum atomic E-state index is -4.49. The lowest BCUT2D eigenvalue weighted by Gasteiger charge is -2.11. The number of aromatic nitrogens is 2. The molecule has 0 bridgehead atoms. The normalized spacial score (nSPS) is 11.3. The van der Waals surface area contributed by atoms with Crippen LogP contribution in [-0.4, -0.2) is 28.5 Å². The predicted molar refractivity (Wildman–Crippen MR) is 123 cm³/mol. The molecule has 0 fully saturated rings. The number of carbonyl (C=O) groups excluding carboxylic acids is 2. The number of halogens is 3. The number of H-pyrrole nitrogens is 1. The minimum Gasteiger partial charge on any atom is -0.349 e. The molecule has 3 amide bonds. The van der Waals surface area contributed by atoms with E-state index >= 15 is 0 Å². The summed E-state index contributed by atoms with van der Waals surface area (Å²) in [4.78, 5) is 31.6. The van der Waals surface area contributed by atoms with E-state index in [1.165, 1.54) is 12.1 Å². The van der Waals surface area contributed by atoms with E-state index in [1.54, 1.807) is 24.3 Å². The average Bonchev–Trinajstić information content (AvgIpc) is 3.24. The van der Waals surface area contributed by atoms with Gasteiger partial charge in [-0.25, -0.2) is 9.78 Å². The Labute approximate surface area is 192 Å². The number of aromatic amines is 1. The third-order valence-corrected chi connectivity index (χ3v) is 4.96. The van der Waals surface area contributed by atoms with Crippen molar-refractivity contribution in [3.05, 3.63) is 89.7 Å². The number of imidazole rings is 1. The zero-order valence-electron chi connectivity index (χ0n) is 17.7. The second-order valence-corrected chi connectivity index (χ2v) is 7.46. The van der Waals surface area contributed by atoms with Crippen LogP contribution in [0.25, 0.3) is 11.0 Å². The van der Waals surface area contributed by atoms with Crippen LogP contribution in [0.3, 0.4) is 0 Å². The van der Waals surface area contributed by atoms with Crippen LogP contribution in [0.2, 0.25) is 0 Å². The van der Waals surface area contributed by atoms with Crippen LogP contribution in [0.4, 0.5) is 29.3 Å². The molecule has 10 heteroatoms. The summed E-state index contributed by atoms with van der Waals surface area (Å²) in [6, 6.07) is 18.0. The maximum atomic E-state index is 12.8. The Kier molecular flexibility index (Phi) is 6.48. The van der Waals surface area contributed by atoms with E-state index < -0.39 is 17.8 Å². The van der Waals surface area contributed by atoms with Crippen LogP contribution in [-0.2, 0) is 12.6 Å². The summed E-state index contributed by atoms with van der Waals surface area (Å²) in [5, 5.41) is 7.76. The molecule has 0 radical (unpaired) electrons. The van der Waals surface area contributed by atoms with Crippen molar-refractivity contribution in [2.24, 2.45) is 0 Å². The molecule has 0 spiro atoms. The van der Waals surface area contributed by atoms with Crippen molar-refractivity contribution in [3.8, 4) is 0 Å². The smallest absolute Gasteiger partial charge is 0.349 e. The number of amides is 3. The number of fused-ring (bicyclic) bond motifs is 1. The summed E-state index contributed by atoms with van der Waals surface area (Å²) < 4.78 is 38.4. The fourth-order valence-electron chi connectivity index (χ4n) is 3.29. The molecule has 0 aliphatic carbocycles. The Bertz CT molecular complexity index is 1280. The molecule has 0 aliphatic rings. The van der Waals surface area contributed by atoms with E-state index in [0.29, 0.717) is 24.2 Å². The third kappa shape index (κ3) is 5.71. The Morgan fingerprint density at radius 2 is 1.62 bits per heavy atom. The molecule has 0 saturated heterocycles. The molecule has 4 N–H and O–H groups in total. The van der Waals surface area contributed by atoms with E-state index in [0.717, 1.165) is 23.2 Å². The van der Waals surface area contributed by atoms with Gasteiger partial charge in [0.05, 0.1) is 16.6 Å². The Morgan fingerprint density at radius 1 is 0.882 bits per heavy atom. The van der Waals surface area contributed by atoms with Gasteiger partial charge in [0.25, 0.3) is 5.91 Å². The number of anilines is 2. The zero-order chi connectivity index (χ0) is 24.1. The first-order chi connectivity index (χ1) is 16.3. The van der Waals surface area contributed by atoms with Gasteiger partial charge >= 0.3 is 12.2 Å². The van der Waals surface area contributed by atoms with Gasteiger partial charge in [0, 0.05) is 17.9 Å². The first-order valence-electron chi connectivity index (χ1n) is 10.3. The molecule has 0 aliphatic heterocycles. The largest absolute Gasteiger partial charge is 0.416 e. The number of para-hydroxylation sites is 2. The highest BCUT2D eigenvalue weighted by Gasteiger charge is 2.30. The maximum absolute atomic E-state index is 12.8. The quantitative estimate of drug-likeness (QED) is 0.314. The van der Waals surface area contributed by atoms with Gasteiger partial charge in [-0.3, -0.25) is 4.79 Å². The van der Waals surface area contributed by atoms with Crippen LogP contribution in [0.5, 0.6) is 0 Å². The number of nitrogens with zero attached hydrogens (tertiary/aromatic N) is 1. The molecule has 34 heavy (non-hydrogen) atoms. The first-order valence-corrected chi connectivity index (χ1v) is 10.3. The van der Waals surface area contributed by atoms with Crippen molar-refractivity contribution in [2.75, 3.05) is 17.2 Å². The standard InChI is InChI=1S/C24H20F3N5O2/c25-24(26,27)16-4-3-5-18(14-16)30-23(34)29-17-10-8-15(9-11-17)12-13-28-22(33)21-31-19-6-1-2-7-20(19)32-21/h1-11,14H,12-13H2,(H,28,33)(H,31,32)(H2,29,30,34). The minimum absolute atomic E-state index is 0.0316. The van der Waals surface area contributed by atoms with Crippen molar-refractivity contribution in [3.63, 3.8) is 0 Å². The van der Waals surface area contributed by atoms with E-state index in [9.17, 15) is 22.8 Å². The van der Waals surface area contributed by atoms with Gasteiger partial charge in [-0.05, 0) is 54.4 Å². The fourth-order valence-corrected chi connectivity index (χ4v) is 3.29. The molecule has 0 saturated carbocycles. The third-order valence-electron chi connectivity index (χ3n) is 4.96. The lowest BCUT2D eigenvalue weighted by Crippen LogP contribution is -2.26. The van der Waals surface area contributed by atoms with Crippen LogP contribution in [0.1, 0.15) is 21.7 Å². The molecule has 4 rings (SSSR count). The second kappa shape index (κ2) is 9.65. The number of hydrogen-bond acceptors (Lipinski definition) is 3. The van der Waals surface area contributed by atoms with Gasteiger partial charge in [-0.15, -0.1) is 0 Å². The SMILES string of the molecule is O=C(Nc1ccc(CCNC(=O)c2nc3ccccc3[nH]2)cc1)Nc1cccc(C(F)(F)F)c1. The van der Waals surface area contributed by atoms with E-state index in [-0.39, 0.29) is 17.4 Å². The van der Waals surface area contributed by atoms with Crippen molar-refractivity contribution in [2.45, 2.75) is 12.6 Å². The van der Waals surface area contributed by atoms with Crippen molar-refractivity contribution >= 4 is 34.3 Å². The van der Waals surface area contributed by atoms with Crippen LogP contribution >= 0.6 is 0 Å². The number of nitrogens with one attached hydrogen (secondary N) is 4. The number of rotatable bonds is 6. The fraction of sp³-hybridized carbons (Fsp3) is 0.125. The topological polar surface area (TPSA) is 98.9 Å². The molecular formula is C24H20F3N5O2. The molecule has 1 heterocycles. The van der Waals surface area contributed by atoms with Crippen molar-refractivity contribution in [1.29, 1.82) is 0 Å². The highest BCUT2D eigenvalue weighted by molar-refractivity contribution is 5.99. The van der Waals surface area contributed by atoms with E-state index in [2.05, 4.69) is 25.9 Å². The highest BCUT2D eigenvalue weighted by Crippen LogP contribution is 2.30. The predicted octanol–water partition coefficient (Wildman–Crippen LogP) is 5.20. The number of alkyl halides is 3. The zero-order valence-corrected chi connectivity index (χ0v) is 17.7. The molecule has 0 atom stereocenters. The molecule has 0 unspecified atom stereocenters. The van der Waals surface area contributed by atoms with Gasteiger partial charge < -0.3 is 20.9 Å². The molecule has 174 valence electrons.